The Morgan fingerprint density at radius 3 is 2.53 bits per heavy atom. The van der Waals surface area contributed by atoms with Crippen molar-refractivity contribution in [2.75, 3.05) is 0 Å². The van der Waals surface area contributed by atoms with E-state index in [1.54, 1.807) is 0 Å². The number of halogens is 2. The standard InChI is InChI=1S/C11H9Cl2N3O/c1-6-3-4-8(5-7(6)2)17-10-9(12)15-16-11(13)14-10/h3-5H,1-2H3. The van der Waals surface area contributed by atoms with Gasteiger partial charge >= 0.3 is 0 Å². The molecule has 0 N–H and O–H groups in total. The van der Waals surface area contributed by atoms with Gasteiger partial charge < -0.3 is 4.74 Å². The molecule has 0 spiro atoms. The lowest BCUT2D eigenvalue weighted by Gasteiger charge is -2.07. The third-order valence-electron chi connectivity index (χ3n) is 2.28. The summed E-state index contributed by atoms with van der Waals surface area (Å²) >= 11 is 11.4. The summed E-state index contributed by atoms with van der Waals surface area (Å²) in [5, 5.41) is 7.19. The van der Waals surface area contributed by atoms with Crippen molar-refractivity contribution in [1.82, 2.24) is 15.2 Å². The molecule has 0 bridgehead atoms. The summed E-state index contributed by atoms with van der Waals surface area (Å²) in [4.78, 5) is 3.86. The summed E-state index contributed by atoms with van der Waals surface area (Å²) in [6.45, 7) is 4.02. The van der Waals surface area contributed by atoms with Gasteiger partial charge in [0.05, 0.1) is 0 Å². The molecule has 0 saturated carbocycles. The number of ether oxygens (including phenoxy) is 1. The van der Waals surface area contributed by atoms with Gasteiger partial charge in [-0.15, -0.1) is 10.2 Å². The molecule has 0 radical (unpaired) electrons. The number of aromatic nitrogens is 3. The zero-order valence-electron chi connectivity index (χ0n) is 9.24. The number of nitrogens with zero attached hydrogens (tertiary/aromatic N) is 3. The molecule has 2 aromatic rings. The van der Waals surface area contributed by atoms with E-state index in [0.717, 1.165) is 5.56 Å². The van der Waals surface area contributed by atoms with E-state index in [1.165, 1.54) is 5.56 Å². The van der Waals surface area contributed by atoms with E-state index in [9.17, 15) is 0 Å². The molecular weight excluding hydrogens is 261 g/mol. The highest BCUT2D eigenvalue weighted by Crippen LogP contribution is 2.27. The third-order valence-corrected chi connectivity index (χ3v) is 2.68. The SMILES string of the molecule is Cc1ccc(Oc2nc(Cl)nnc2Cl)cc1C. The van der Waals surface area contributed by atoms with Crippen LogP contribution in [0.1, 0.15) is 11.1 Å². The molecule has 88 valence electrons. The van der Waals surface area contributed by atoms with Crippen molar-refractivity contribution in [1.29, 1.82) is 0 Å². The predicted molar refractivity (Wildman–Crippen MR) is 65.8 cm³/mol. The van der Waals surface area contributed by atoms with Crippen LogP contribution in [0, 0.1) is 13.8 Å². The van der Waals surface area contributed by atoms with E-state index in [-0.39, 0.29) is 16.3 Å². The summed E-state index contributed by atoms with van der Waals surface area (Å²) < 4.78 is 5.50. The van der Waals surface area contributed by atoms with E-state index < -0.39 is 0 Å². The second-order valence-electron chi connectivity index (χ2n) is 3.52. The quantitative estimate of drug-likeness (QED) is 0.836. The van der Waals surface area contributed by atoms with Crippen LogP contribution < -0.4 is 4.74 Å². The Balaban J connectivity index is 2.31. The molecule has 1 aromatic carbocycles. The van der Waals surface area contributed by atoms with Gasteiger partial charge in [-0.2, -0.15) is 4.98 Å². The molecule has 0 fully saturated rings. The Labute approximate surface area is 109 Å². The first-order valence-corrected chi connectivity index (χ1v) is 5.62. The van der Waals surface area contributed by atoms with Crippen molar-refractivity contribution in [2.45, 2.75) is 13.8 Å². The van der Waals surface area contributed by atoms with E-state index >= 15 is 0 Å². The Hall–Kier alpha value is -1.39. The largest absolute Gasteiger partial charge is 0.436 e. The lowest BCUT2D eigenvalue weighted by molar-refractivity contribution is 0.457. The van der Waals surface area contributed by atoms with Crippen LogP contribution in [0.2, 0.25) is 10.4 Å². The third kappa shape index (κ3) is 2.84. The number of hydrogen-bond donors (Lipinski definition) is 0. The molecule has 0 atom stereocenters. The lowest BCUT2D eigenvalue weighted by atomic mass is 10.1. The Kier molecular flexibility index (Phi) is 3.45. The van der Waals surface area contributed by atoms with Crippen LogP contribution in [-0.4, -0.2) is 15.2 Å². The van der Waals surface area contributed by atoms with Gasteiger partial charge in [-0.3, -0.25) is 0 Å². The molecule has 0 aliphatic carbocycles. The van der Waals surface area contributed by atoms with Crippen LogP contribution in [0.4, 0.5) is 0 Å². The maximum atomic E-state index is 5.80. The van der Waals surface area contributed by atoms with E-state index in [4.69, 9.17) is 27.9 Å². The van der Waals surface area contributed by atoms with Crippen LogP contribution in [0.25, 0.3) is 0 Å². The van der Waals surface area contributed by atoms with Crippen molar-refractivity contribution in [2.24, 2.45) is 0 Å². The first-order valence-electron chi connectivity index (χ1n) is 4.87. The van der Waals surface area contributed by atoms with Gasteiger partial charge in [0.1, 0.15) is 5.75 Å². The van der Waals surface area contributed by atoms with Crippen molar-refractivity contribution < 1.29 is 4.74 Å². The molecule has 0 aliphatic rings. The molecule has 2 rings (SSSR count). The molecule has 6 heteroatoms. The second-order valence-corrected chi connectivity index (χ2v) is 4.22. The average Bonchev–Trinajstić information content (AvgIpc) is 2.29. The molecule has 1 heterocycles. The molecule has 0 amide bonds. The number of benzene rings is 1. The maximum absolute atomic E-state index is 5.80. The first kappa shape index (κ1) is 12.1. The Morgan fingerprint density at radius 2 is 1.82 bits per heavy atom. The summed E-state index contributed by atoms with van der Waals surface area (Å²) in [7, 11) is 0. The summed E-state index contributed by atoms with van der Waals surface area (Å²) in [6.07, 6.45) is 0. The normalized spacial score (nSPS) is 10.4. The number of hydrogen-bond acceptors (Lipinski definition) is 4. The van der Waals surface area contributed by atoms with Crippen LogP contribution in [0.3, 0.4) is 0 Å². The van der Waals surface area contributed by atoms with Crippen LogP contribution >= 0.6 is 23.2 Å². The van der Waals surface area contributed by atoms with Gasteiger partial charge in [-0.1, -0.05) is 17.7 Å². The number of rotatable bonds is 2. The molecule has 1 aromatic heterocycles. The summed E-state index contributed by atoms with van der Waals surface area (Å²) in [5.41, 5.74) is 2.30. The molecule has 0 aliphatic heterocycles. The van der Waals surface area contributed by atoms with Crippen molar-refractivity contribution in [3.63, 3.8) is 0 Å². The van der Waals surface area contributed by atoms with Gasteiger partial charge in [0.2, 0.25) is 10.4 Å². The van der Waals surface area contributed by atoms with Gasteiger partial charge in [0.25, 0.3) is 5.88 Å². The Bertz CT molecular complexity index is 560. The van der Waals surface area contributed by atoms with Crippen molar-refractivity contribution in [3.05, 3.63) is 39.8 Å². The fraction of sp³-hybridized carbons (Fsp3) is 0.182. The monoisotopic (exact) mass is 269 g/mol. The fourth-order valence-electron chi connectivity index (χ4n) is 1.23. The molecule has 0 unspecified atom stereocenters. The van der Waals surface area contributed by atoms with E-state index in [0.29, 0.717) is 5.75 Å². The summed E-state index contributed by atoms with van der Waals surface area (Å²) in [5.74, 6) is 0.779. The minimum Gasteiger partial charge on any atom is -0.436 e. The Morgan fingerprint density at radius 1 is 1.06 bits per heavy atom. The summed E-state index contributed by atoms with van der Waals surface area (Å²) in [6, 6.07) is 5.67. The van der Waals surface area contributed by atoms with Gasteiger partial charge in [-0.05, 0) is 48.7 Å². The van der Waals surface area contributed by atoms with Crippen molar-refractivity contribution >= 4 is 23.2 Å². The highest BCUT2D eigenvalue weighted by atomic mass is 35.5. The highest BCUT2D eigenvalue weighted by Gasteiger charge is 2.09. The number of aryl methyl sites for hydroxylation is 2. The van der Waals surface area contributed by atoms with E-state index in [2.05, 4.69) is 15.2 Å². The van der Waals surface area contributed by atoms with Gasteiger partial charge in [-0.25, -0.2) is 0 Å². The minimum atomic E-state index is -0.00627. The topological polar surface area (TPSA) is 47.9 Å². The van der Waals surface area contributed by atoms with Gasteiger partial charge in [0.15, 0.2) is 0 Å². The van der Waals surface area contributed by atoms with Gasteiger partial charge in [0, 0.05) is 0 Å². The minimum absolute atomic E-state index is 0.00627. The van der Waals surface area contributed by atoms with Crippen LogP contribution in [0.5, 0.6) is 11.6 Å². The maximum Gasteiger partial charge on any atom is 0.262 e. The van der Waals surface area contributed by atoms with Crippen molar-refractivity contribution in [3.8, 4) is 11.6 Å². The zero-order chi connectivity index (χ0) is 12.4. The van der Waals surface area contributed by atoms with Crippen LogP contribution in [0.15, 0.2) is 18.2 Å². The molecule has 17 heavy (non-hydrogen) atoms. The van der Waals surface area contributed by atoms with Crippen LogP contribution in [-0.2, 0) is 0 Å². The average molecular weight is 270 g/mol. The first-order chi connectivity index (χ1) is 8.06. The lowest BCUT2D eigenvalue weighted by Crippen LogP contribution is -1.95. The smallest absolute Gasteiger partial charge is 0.262 e. The fourth-order valence-corrected chi connectivity index (χ4v) is 1.47. The second kappa shape index (κ2) is 4.85. The molecule has 0 saturated heterocycles. The highest BCUT2D eigenvalue weighted by molar-refractivity contribution is 6.31. The predicted octanol–water partition coefficient (Wildman–Crippen LogP) is 3.59. The molecular formula is C11H9Cl2N3O. The zero-order valence-corrected chi connectivity index (χ0v) is 10.7. The molecule has 4 nitrogen and oxygen atoms in total. The van der Waals surface area contributed by atoms with E-state index in [1.807, 2.05) is 32.0 Å².